The number of hydrogen-bond acceptors (Lipinski definition) is 4. The van der Waals surface area contributed by atoms with Gasteiger partial charge in [-0.3, -0.25) is 14.4 Å². The first-order valence-electron chi connectivity index (χ1n) is 9.47. The van der Waals surface area contributed by atoms with Crippen LogP contribution in [-0.4, -0.2) is 31.4 Å². The largest absolute Gasteiger partial charge is 0.469 e. The van der Waals surface area contributed by atoms with Crippen LogP contribution in [-0.2, 0) is 19.1 Å². The molecule has 1 aliphatic heterocycles. The summed E-state index contributed by atoms with van der Waals surface area (Å²) < 4.78 is 32.2. The van der Waals surface area contributed by atoms with Gasteiger partial charge in [0, 0.05) is 13.0 Å². The van der Waals surface area contributed by atoms with Gasteiger partial charge in [-0.15, -0.1) is 0 Å². The number of methoxy groups -OCH3 is 1. The Kier molecular flexibility index (Phi) is 6.44. The number of nitrogens with one attached hydrogen (secondary N) is 1. The first-order valence-corrected chi connectivity index (χ1v) is 9.47. The van der Waals surface area contributed by atoms with E-state index in [-0.39, 0.29) is 31.0 Å². The van der Waals surface area contributed by atoms with E-state index in [4.69, 9.17) is 0 Å². The van der Waals surface area contributed by atoms with Crippen LogP contribution in [0.3, 0.4) is 0 Å². The molecule has 1 saturated heterocycles. The Morgan fingerprint density at radius 3 is 2.53 bits per heavy atom. The molecule has 1 fully saturated rings. The van der Waals surface area contributed by atoms with Gasteiger partial charge in [0.25, 0.3) is 0 Å². The van der Waals surface area contributed by atoms with Crippen molar-refractivity contribution in [3.63, 3.8) is 0 Å². The van der Waals surface area contributed by atoms with Crippen LogP contribution >= 0.6 is 0 Å². The lowest BCUT2D eigenvalue weighted by molar-refractivity contribution is -0.141. The number of rotatable bonds is 6. The molecule has 30 heavy (non-hydrogen) atoms. The highest BCUT2D eigenvalue weighted by Gasteiger charge is 2.37. The van der Waals surface area contributed by atoms with Crippen LogP contribution in [0.15, 0.2) is 42.5 Å². The Labute approximate surface area is 172 Å². The van der Waals surface area contributed by atoms with Crippen molar-refractivity contribution in [1.29, 1.82) is 0 Å². The summed E-state index contributed by atoms with van der Waals surface area (Å²) in [5, 5.41) is 2.74. The number of anilines is 1. The molecule has 8 heteroatoms. The molecular weight excluding hydrogens is 394 g/mol. The number of carbonyl (C=O) groups excluding carboxylic acids is 3. The summed E-state index contributed by atoms with van der Waals surface area (Å²) in [6.45, 7) is 1.77. The van der Waals surface area contributed by atoms with Crippen LogP contribution in [0, 0.1) is 24.5 Å². The fourth-order valence-electron chi connectivity index (χ4n) is 3.43. The second-order valence-electron chi connectivity index (χ2n) is 7.25. The van der Waals surface area contributed by atoms with Crippen molar-refractivity contribution in [2.75, 3.05) is 18.6 Å². The van der Waals surface area contributed by atoms with E-state index in [0.717, 1.165) is 5.56 Å². The van der Waals surface area contributed by atoms with Crippen molar-refractivity contribution >= 4 is 23.5 Å². The molecule has 0 aliphatic carbocycles. The second-order valence-corrected chi connectivity index (χ2v) is 7.25. The topological polar surface area (TPSA) is 75.7 Å². The van der Waals surface area contributed by atoms with Gasteiger partial charge >= 0.3 is 5.97 Å². The summed E-state index contributed by atoms with van der Waals surface area (Å²) in [6.07, 6.45) is -0.224. The zero-order valence-corrected chi connectivity index (χ0v) is 16.7. The second kappa shape index (κ2) is 9.02. The minimum absolute atomic E-state index is 0.0268. The van der Waals surface area contributed by atoms with Gasteiger partial charge in [0.2, 0.25) is 11.8 Å². The summed E-state index contributed by atoms with van der Waals surface area (Å²) in [7, 11) is 1.23. The monoisotopic (exact) mass is 416 g/mol. The Morgan fingerprint density at radius 2 is 1.90 bits per heavy atom. The molecule has 2 unspecified atom stereocenters. The van der Waals surface area contributed by atoms with Crippen LogP contribution in [0.25, 0.3) is 0 Å². The number of hydrogen-bond donors (Lipinski definition) is 1. The zero-order chi connectivity index (χ0) is 21.8. The summed E-state index contributed by atoms with van der Waals surface area (Å²) in [5.74, 6) is -3.03. The highest BCUT2D eigenvalue weighted by molar-refractivity contribution is 6.00. The number of aryl methyl sites for hydroxylation is 1. The van der Waals surface area contributed by atoms with Crippen molar-refractivity contribution in [2.45, 2.75) is 25.8 Å². The Morgan fingerprint density at radius 1 is 1.20 bits per heavy atom. The molecule has 1 aliphatic rings. The van der Waals surface area contributed by atoms with Gasteiger partial charge in [0.05, 0.1) is 31.2 Å². The SMILES string of the molecule is COC(=O)CC(NC(=O)C1CC(=O)N(c2ccc(C)cc2F)C1)c1ccc(F)cc1. The van der Waals surface area contributed by atoms with Gasteiger partial charge in [0.15, 0.2) is 0 Å². The number of amides is 2. The van der Waals surface area contributed by atoms with Crippen molar-refractivity contribution in [2.24, 2.45) is 5.92 Å². The maximum Gasteiger partial charge on any atom is 0.307 e. The highest BCUT2D eigenvalue weighted by atomic mass is 19.1. The summed E-state index contributed by atoms with van der Waals surface area (Å²) in [5.41, 5.74) is 1.38. The minimum Gasteiger partial charge on any atom is -0.469 e. The maximum atomic E-state index is 14.3. The number of benzene rings is 2. The van der Waals surface area contributed by atoms with Gasteiger partial charge in [0.1, 0.15) is 11.6 Å². The molecule has 0 aromatic heterocycles. The Bertz CT molecular complexity index is 962. The molecule has 158 valence electrons. The first-order chi connectivity index (χ1) is 14.3. The van der Waals surface area contributed by atoms with Crippen molar-refractivity contribution in [3.05, 3.63) is 65.2 Å². The van der Waals surface area contributed by atoms with E-state index in [1.165, 1.54) is 48.4 Å². The van der Waals surface area contributed by atoms with E-state index in [1.54, 1.807) is 13.0 Å². The van der Waals surface area contributed by atoms with Gasteiger partial charge in [-0.1, -0.05) is 18.2 Å². The lowest BCUT2D eigenvalue weighted by Crippen LogP contribution is -2.36. The van der Waals surface area contributed by atoms with Gasteiger partial charge < -0.3 is 15.0 Å². The van der Waals surface area contributed by atoms with Crippen molar-refractivity contribution in [1.82, 2.24) is 5.32 Å². The van der Waals surface area contributed by atoms with Gasteiger partial charge in [-0.05, 0) is 42.3 Å². The third kappa shape index (κ3) is 4.82. The standard InChI is InChI=1S/C22H22F2N2O4/c1-13-3-8-19(17(24)9-13)26-12-15(10-20(26)27)22(29)25-18(11-21(28)30-2)14-4-6-16(23)7-5-14/h3-9,15,18H,10-12H2,1-2H3,(H,25,29). The van der Waals surface area contributed by atoms with Gasteiger partial charge in [-0.25, -0.2) is 8.78 Å². The smallest absolute Gasteiger partial charge is 0.307 e. The molecule has 3 rings (SSSR count). The van der Waals surface area contributed by atoms with Crippen molar-refractivity contribution < 1.29 is 27.9 Å². The molecule has 2 aromatic carbocycles. The molecule has 2 atom stereocenters. The predicted octanol–water partition coefficient (Wildman–Crippen LogP) is 3.05. The summed E-state index contributed by atoms with van der Waals surface area (Å²) in [6, 6.07) is 9.19. The van der Waals surface area contributed by atoms with Crippen LogP contribution in [0.2, 0.25) is 0 Å². The van der Waals surface area contributed by atoms with E-state index in [2.05, 4.69) is 10.1 Å². The lowest BCUT2D eigenvalue weighted by Gasteiger charge is -2.21. The molecule has 0 bridgehead atoms. The number of nitrogens with zero attached hydrogens (tertiary/aromatic N) is 1. The van der Waals surface area contributed by atoms with E-state index in [1.807, 2.05) is 0 Å². The molecule has 1 N–H and O–H groups in total. The molecule has 0 spiro atoms. The molecule has 0 saturated carbocycles. The highest BCUT2D eigenvalue weighted by Crippen LogP contribution is 2.29. The fraction of sp³-hybridized carbons (Fsp3) is 0.318. The third-order valence-electron chi connectivity index (χ3n) is 5.08. The molecule has 6 nitrogen and oxygen atoms in total. The van der Waals surface area contributed by atoms with Crippen molar-refractivity contribution in [3.8, 4) is 0 Å². The summed E-state index contributed by atoms with van der Waals surface area (Å²) in [4.78, 5) is 38.2. The Hall–Kier alpha value is -3.29. The number of carbonyl (C=O) groups is 3. The predicted molar refractivity (Wildman–Crippen MR) is 106 cm³/mol. The Balaban J connectivity index is 1.74. The maximum absolute atomic E-state index is 14.3. The molecule has 1 heterocycles. The fourth-order valence-corrected chi connectivity index (χ4v) is 3.43. The quantitative estimate of drug-likeness (QED) is 0.735. The molecule has 2 amide bonds. The zero-order valence-electron chi connectivity index (χ0n) is 16.7. The van der Waals surface area contributed by atoms with Crippen LogP contribution in [0.5, 0.6) is 0 Å². The van der Waals surface area contributed by atoms with Crippen LogP contribution < -0.4 is 10.2 Å². The number of ether oxygens (including phenoxy) is 1. The summed E-state index contributed by atoms with van der Waals surface area (Å²) >= 11 is 0. The average molecular weight is 416 g/mol. The molecule has 2 aromatic rings. The molecule has 0 radical (unpaired) electrons. The van der Waals surface area contributed by atoms with E-state index in [9.17, 15) is 23.2 Å². The van der Waals surface area contributed by atoms with E-state index < -0.39 is 35.5 Å². The van der Waals surface area contributed by atoms with E-state index >= 15 is 0 Å². The third-order valence-corrected chi connectivity index (χ3v) is 5.08. The first kappa shape index (κ1) is 21.4. The van der Waals surface area contributed by atoms with E-state index in [0.29, 0.717) is 5.56 Å². The number of esters is 1. The van der Waals surface area contributed by atoms with Crippen LogP contribution in [0.1, 0.15) is 30.0 Å². The minimum atomic E-state index is -0.745. The average Bonchev–Trinajstić information content (AvgIpc) is 3.09. The van der Waals surface area contributed by atoms with Gasteiger partial charge in [-0.2, -0.15) is 0 Å². The lowest BCUT2D eigenvalue weighted by atomic mass is 10.0. The number of halogens is 2. The van der Waals surface area contributed by atoms with Crippen LogP contribution in [0.4, 0.5) is 14.5 Å². The molecular formula is C22H22F2N2O4. The normalized spacial score (nSPS) is 17.0.